The van der Waals surface area contributed by atoms with E-state index in [-0.39, 0.29) is 0 Å². The van der Waals surface area contributed by atoms with Crippen molar-refractivity contribution < 1.29 is 0 Å². The van der Waals surface area contributed by atoms with E-state index >= 15 is 0 Å². The van der Waals surface area contributed by atoms with Gasteiger partial charge < -0.3 is 4.98 Å². The van der Waals surface area contributed by atoms with Crippen molar-refractivity contribution in [3.63, 3.8) is 0 Å². The first-order valence-electron chi connectivity index (χ1n) is 2.60. The van der Waals surface area contributed by atoms with Crippen molar-refractivity contribution in [2.24, 2.45) is 0 Å². The van der Waals surface area contributed by atoms with Crippen LogP contribution in [0.25, 0.3) is 6.08 Å². The lowest BCUT2D eigenvalue weighted by Gasteiger charge is -1.73. The predicted octanol–water partition coefficient (Wildman–Crippen LogP) is 1.97. The number of aromatic amines is 1. The molecule has 0 spiro atoms. The summed E-state index contributed by atoms with van der Waals surface area (Å²) in [6, 6.07) is 2.05. The van der Waals surface area contributed by atoms with E-state index in [1.54, 1.807) is 0 Å². The smallest absolute Gasteiger partial charge is 0.0121 e. The summed E-state index contributed by atoms with van der Waals surface area (Å²) < 4.78 is 0. The van der Waals surface area contributed by atoms with Crippen molar-refractivity contribution in [2.45, 2.75) is 6.92 Å². The van der Waals surface area contributed by atoms with Gasteiger partial charge in [0.1, 0.15) is 0 Å². The summed E-state index contributed by atoms with van der Waals surface area (Å²) in [5.74, 6) is 0. The Morgan fingerprint density at radius 2 is 2.50 bits per heavy atom. The Morgan fingerprint density at radius 3 is 2.75 bits per heavy atom. The average molecular weight is 107 g/mol. The topological polar surface area (TPSA) is 15.8 Å². The number of nitrogens with one attached hydrogen (secondary N) is 1. The third-order valence-corrected chi connectivity index (χ3v) is 1.09. The molecule has 1 rings (SSSR count). The van der Waals surface area contributed by atoms with Crippen LogP contribution < -0.4 is 0 Å². The normalized spacial score (nSPS) is 9.12. The quantitative estimate of drug-likeness (QED) is 0.564. The molecule has 0 amide bonds. The number of aryl methyl sites for hydroxylation is 1. The van der Waals surface area contributed by atoms with Crippen LogP contribution in [0.2, 0.25) is 0 Å². The average Bonchev–Trinajstić information content (AvgIpc) is 2.14. The molecule has 0 aliphatic heterocycles. The van der Waals surface area contributed by atoms with Crippen LogP contribution in [0.5, 0.6) is 0 Å². The van der Waals surface area contributed by atoms with Crippen LogP contribution in [0, 0.1) is 6.92 Å². The molecule has 1 aromatic rings. The lowest BCUT2D eigenvalue weighted by molar-refractivity contribution is 1.27. The molecule has 1 N–H and O–H groups in total. The van der Waals surface area contributed by atoms with Gasteiger partial charge in [-0.3, -0.25) is 0 Å². The summed E-state index contributed by atoms with van der Waals surface area (Å²) >= 11 is 0. The Kier molecular flexibility index (Phi) is 1.20. The second-order valence-corrected chi connectivity index (χ2v) is 1.82. The minimum absolute atomic E-state index is 1.16. The van der Waals surface area contributed by atoms with E-state index < -0.39 is 0 Å². The van der Waals surface area contributed by atoms with Crippen molar-refractivity contribution in [3.05, 3.63) is 30.1 Å². The van der Waals surface area contributed by atoms with E-state index in [9.17, 15) is 0 Å². The Morgan fingerprint density at radius 1 is 1.75 bits per heavy atom. The van der Waals surface area contributed by atoms with Crippen LogP contribution >= 0.6 is 0 Å². The van der Waals surface area contributed by atoms with Crippen LogP contribution in [-0.4, -0.2) is 4.98 Å². The van der Waals surface area contributed by atoms with Gasteiger partial charge >= 0.3 is 0 Å². The van der Waals surface area contributed by atoms with Crippen molar-refractivity contribution in [1.29, 1.82) is 0 Å². The summed E-state index contributed by atoms with van der Waals surface area (Å²) in [5.41, 5.74) is 2.34. The molecule has 0 saturated heterocycles. The van der Waals surface area contributed by atoms with E-state index in [0.29, 0.717) is 0 Å². The SMILES string of the molecule is C=Cc1c[nH]c(C)c1. The van der Waals surface area contributed by atoms with Gasteiger partial charge in [-0.05, 0) is 18.6 Å². The zero-order chi connectivity index (χ0) is 5.98. The van der Waals surface area contributed by atoms with Gasteiger partial charge in [0.25, 0.3) is 0 Å². The lowest BCUT2D eigenvalue weighted by atomic mass is 10.3. The summed E-state index contributed by atoms with van der Waals surface area (Å²) in [5, 5.41) is 0. The molecular weight excluding hydrogens is 98.1 g/mol. The highest BCUT2D eigenvalue weighted by Gasteiger charge is 1.85. The predicted molar refractivity (Wildman–Crippen MR) is 35.6 cm³/mol. The van der Waals surface area contributed by atoms with E-state index in [4.69, 9.17) is 0 Å². The first kappa shape index (κ1) is 5.16. The molecule has 0 unspecified atom stereocenters. The molecule has 0 aromatic carbocycles. The third kappa shape index (κ3) is 0.808. The van der Waals surface area contributed by atoms with Crippen LogP contribution in [-0.2, 0) is 0 Å². The van der Waals surface area contributed by atoms with Crippen molar-refractivity contribution >= 4 is 6.08 Å². The molecule has 1 nitrogen and oxygen atoms in total. The highest BCUT2D eigenvalue weighted by molar-refractivity contribution is 5.46. The Balaban J connectivity index is 3.00. The summed E-state index contributed by atoms with van der Waals surface area (Å²) in [6.07, 6.45) is 3.76. The first-order valence-corrected chi connectivity index (χ1v) is 2.60. The molecule has 0 atom stereocenters. The third-order valence-electron chi connectivity index (χ3n) is 1.09. The zero-order valence-corrected chi connectivity index (χ0v) is 4.94. The number of aromatic nitrogens is 1. The molecular formula is C7H9N. The lowest BCUT2D eigenvalue weighted by Crippen LogP contribution is -1.59. The van der Waals surface area contributed by atoms with E-state index in [1.807, 2.05) is 25.3 Å². The highest BCUT2D eigenvalue weighted by atomic mass is 14.7. The summed E-state index contributed by atoms with van der Waals surface area (Å²) in [4.78, 5) is 3.05. The maximum absolute atomic E-state index is 3.62. The Hall–Kier alpha value is -0.980. The number of rotatable bonds is 1. The van der Waals surface area contributed by atoms with Gasteiger partial charge in [-0.15, -0.1) is 0 Å². The number of hydrogen-bond acceptors (Lipinski definition) is 0. The zero-order valence-electron chi connectivity index (χ0n) is 4.94. The van der Waals surface area contributed by atoms with Crippen LogP contribution in [0.3, 0.4) is 0 Å². The maximum atomic E-state index is 3.62. The fourth-order valence-electron chi connectivity index (χ4n) is 0.648. The van der Waals surface area contributed by atoms with Gasteiger partial charge in [0.15, 0.2) is 0 Å². The second kappa shape index (κ2) is 1.86. The molecule has 8 heavy (non-hydrogen) atoms. The van der Waals surface area contributed by atoms with Crippen molar-refractivity contribution in [1.82, 2.24) is 4.98 Å². The number of H-pyrrole nitrogens is 1. The van der Waals surface area contributed by atoms with E-state index in [2.05, 4.69) is 11.6 Å². The molecule has 0 fully saturated rings. The molecule has 1 heterocycles. The molecule has 0 radical (unpaired) electrons. The molecule has 0 saturated carbocycles. The molecule has 1 heteroatoms. The van der Waals surface area contributed by atoms with Crippen molar-refractivity contribution in [2.75, 3.05) is 0 Å². The second-order valence-electron chi connectivity index (χ2n) is 1.82. The van der Waals surface area contributed by atoms with Gasteiger partial charge in [-0.25, -0.2) is 0 Å². The van der Waals surface area contributed by atoms with E-state index in [0.717, 1.165) is 5.56 Å². The fourth-order valence-corrected chi connectivity index (χ4v) is 0.648. The molecule has 1 aromatic heterocycles. The summed E-state index contributed by atoms with van der Waals surface area (Å²) in [7, 11) is 0. The fraction of sp³-hybridized carbons (Fsp3) is 0.143. The molecule has 0 aliphatic carbocycles. The van der Waals surface area contributed by atoms with Crippen LogP contribution in [0.4, 0.5) is 0 Å². The molecule has 0 bridgehead atoms. The van der Waals surface area contributed by atoms with Gasteiger partial charge in [-0.2, -0.15) is 0 Å². The molecule has 42 valence electrons. The largest absolute Gasteiger partial charge is 0.365 e. The minimum Gasteiger partial charge on any atom is -0.365 e. The standard InChI is InChI=1S/C7H9N/c1-3-7-4-6(2)8-5-7/h3-5,8H,1H2,2H3. The maximum Gasteiger partial charge on any atom is 0.0121 e. The highest BCUT2D eigenvalue weighted by Crippen LogP contribution is 2.01. The Labute approximate surface area is 49.0 Å². The molecule has 0 aliphatic rings. The van der Waals surface area contributed by atoms with Gasteiger partial charge in [0.05, 0.1) is 0 Å². The summed E-state index contributed by atoms with van der Waals surface area (Å²) in [6.45, 7) is 5.65. The van der Waals surface area contributed by atoms with Crippen molar-refractivity contribution in [3.8, 4) is 0 Å². The van der Waals surface area contributed by atoms with E-state index in [1.165, 1.54) is 5.69 Å². The van der Waals surface area contributed by atoms with Crippen LogP contribution in [0.1, 0.15) is 11.3 Å². The number of hydrogen-bond donors (Lipinski definition) is 1. The minimum atomic E-state index is 1.16. The monoisotopic (exact) mass is 107 g/mol. The van der Waals surface area contributed by atoms with Gasteiger partial charge in [0, 0.05) is 11.9 Å². The van der Waals surface area contributed by atoms with Gasteiger partial charge in [-0.1, -0.05) is 12.7 Å². The van der Waals surface area contributed by atoms with Gasteiger partial charge in [0.2, 0.25) is 0 Å². The van der Waals surface area contributed by atoms with Crippen LogP contribution in [0.15, 0.2) is 18.8 Å². The first-order chi connectivity index (χ1) is 3.83. The Bertz CT molecular complexity index is 186.